The van der Waals surface area contributed by atoms with E-state index < -0.39 is 0 Å². The number of benzene rings is 1. The van der Waals surface area contributed by atoms with E-state index in [1.165, 1.54) is 0 Å². The molecule has 0 aliphatic rings. The summed E-state index contributed by atoms with van der Waals surface area (Å²) in [6, 6.07) is 13.4. The van der Waals surface area contributed by atoms with Crippen LogP contribution in [0.5, 0.6) is 0 Å². The molecule has 0 radical (unpaired) electrons. The second kappa shape index (κ2) is 3.72. The van der Waals surface area contributed by atoms with Gasteiger partial charge in [0.25, 0.3) is 0 Å². The van der Waals surface area contributed by atoms with E-state index in [1.807, 2.05) is 24.3 Å². The minimum absolute atomic E-state index is 0.578. The first-order valence-electron chi connectivity index (χ1n) is 5.18. The fourth-order valence-corrected chi connectivity index (χ4v) is 1.76. The fourth-order valence-electron chi connectivity index (χ4n) is 1.76. The first kappa shape index (κ1) is 9.55. The van der Waals surface area contributed by atoms with Crippen LogP contribution in [-0.4, -0.2) is 14.8 Å². The minimum atomic E-state index is 0.578. The van der Waals surface area contributed by atoms with Crippen molar-refractivity contribution in [3.05, 3.63) is 54.4 Å². The minimum Gasteiger partial charge on any atom is -0.237 e. The summed E-state index contributed by atoms with van der Waals surface area (Å²) in [5, 5.41) is 14.2. The van der Waals surface area contributed by atoms with Crippen molar-refractivity contribution in [2.75, 3.05) is 0 Å². The van der Waals surface area contributed by atoms with Gasteiger partial charge in [-0.05, 0) is 12.1 Å². The Morgan fingerprint density at radius 2 is 2.06 bits per heavy atom. The third-order valence-corrected chi connectivity index (χ3v) is 2.57. The Bertz CT molecular complexity index is 721. The van der Waals surface area contributed by atoms with Crippen LogP contribution in [0.1, 0.15) is 5.56 Å². The molecule has 0 amide bonds. The molecule has 0 saturated heterocycles. The first-order chi connectivity index (χ1) is 8.38. The standard InChI is InChI=1S/C13H8N4/c14-8-10-5-6-15-13(7-10)17-12-4-2-1-3-11(12)9-16-17/h1-7,9H. The lowest BCUT2D eigenvalue weighted by molar-refractivity contribution is 0.874. The Morgan fingerprint density at radius 3 is 2.94 bits per heavy atom. The van der Waals surface area contributed by atoms with E-state index in [0.29, 0.717) is 11.4 Å². The molecule has 4 nitrogen and oxygen atoms in total. The molecule has 0 unspecified atom stereocenters. The molecule has 17 heavy (non-hydrogen) atoms. The number of pyridine rings is 1. The molecule has 0 saturated carbocycles. The normalized spacial score (nSPS) is 10.3. The Labute approximate surface area is 97.8 Å². The number of fused-ring (bicyclic) bond motifs is 1. The summed E-state index contributed by atoms with van der Waals surface area (Å²) >= 11 is 0. The quantitative estimate of drug-likeness (QED) is 0.632. The highest BCUT2D eigenvalue weighted by atomic mass is 15.3. The molecular formula is C13H8N4. The zero-order valence-electron chi connectivity index (χ0n) is 8.91. The maximum absolute atomic E-state index is 8.87. The summed E-state index contributed by atoms with van der Waals surface area (Å²) in [7, 11) is 0. The van der Waals surface area contributed by atoms with Crippen LogP contribution in [0.15, 0.2) is 48.8 Å². The van der Waals surface area contributed by atoms with Crippen LogP contribution >= 0.6 is 0 Å². The summed E-state index contributed by atoms with van der Waals surface area (Å²) in [5.74, 6) is 0.658. The molecule has 3 rings (SSSR count). The summed E-state index contributed by atoms with van der Waals surface area (Å²) < 4.78 is 1.73. The van der Waals surface area contributed by atoms with Crippen LogP contribution in [0.25, 0.3) is 16.7 Å². The van der Waals surface area contributed by atoms with E-state index in [2.05, 4.69) is 16.2 Å². The van der Waals surface area contributed by atoms with Crippen molar-refractivity contribution in [2.24, 2.45) is 0 Å². The number of hydrogen-bond acceptors (Lipinski definition) is 3. The molecule has 0 atom stereocenters. The Kier molecular flexibility index (Phi) is 2.09. The molecular weight excluding hydrogens is 212 g/mol. The Morgan fingerprint density at radius 1 is 1.18 bits per heavy atom. The number of aromatic nitrogens is 3. The van der Waals surface area contributed by atoms with Gasteiger partial charge in [0.2, 0.25) is 0 Å². The average Bonchev–Trinajstić information content (AvgIpc) is 2.82. The van der Waals surface area contributed by atoms with Crippen LogP contribution in [0.3, 0.4) is 0 Å². The maximum Gasteiger partial charge on any atom is 0.155 e. The summed E-state index contributed by atoms with van der Waals surface area (Å²) in [4.78, 5) is 4.23. The topological polar surface area (TPSA) is 54.5 Å². The van der Waals surface area contributed by atoms with Gasteiger partial charge >= 0.3 is 0 Å². The van der Waals surface area contributed by atoms with Gasteiger partial charge in [-0.2, -0.15) is 10.4 Å². The predicted octanol–water partition coefficient (Wildman–Crippen LogP) is 2.29. The van der Waals surface area contributed by atoms with Crippen LogP contribution in [0, 0.1) is 11.3 Å². The molecule has 0 bridgehead atoms. The highest BCUT2D eigenvalue weighted by molar-refractivity contribution is 5.79. The third-order valence-electron chi connectivity index (χ3n) is 2.57. The lowest BCUT2D eigenvalue weighted by Crippen LogP contribution is -1.99. The van der Waals surface area contributed by atoms with Gasteiger partial charge in [0.15, 0.2) is 5.82 Å². The number of rotatable bonds is 1. The van der Waals surface area contributed by atoms with E-state index in [0.717, 1.165) is 10.9 Å². The SMILES string of the molecule is N#Cc1ccnc(-n2ncc3ccccc32)c1. The zero-order chi connectivity index (χ0) is 11.7. The first-order valence-corrected chi connectivity index (χ1v) is 5.18. The smallest absolute Gasteiger partial charge is 0.155 e. The molecule has 1 aromatic carbocycles. The van der Waals surface area contributed by atoms with Crippen molar-refractivity contribution in [1.29, 1.82) is 5.26 Å². The van der Waals surface area contributed by atoms with Crippen molar-refractivity contribution in [3.8, 4) is 11.9 Å². The molecule has 0 N–H and O–H groups in total. The van der Waals surface area contributed by atoms with Crippen molar-refractivity contribution < 1.29 is 0 Å². The van der Waals surface area contributed by atoms with Gasteiger partial charge in [0.1, 0.15) is 0 Å². The molecule has 0 aliphatic carbocycles. The summed E-state index contributed by atoms with van der Waals surface area (Å²) in [6.07, 6.45) is 3.40. The Hall–Kier alpha value is -2.67. The highest BCUT2D eigenvalue weighted by Crippen LogP contribution is 2.16. The van der Waals surface area contributed by atoms with Gasteiger partial charge in [0.05, 0.1) is 23.3 Å². The van der Waals surface area contributed by atoms with E-state index in [1.54, 1.807) is 29.2 Å². The molecule has 0 spiro atoms. The molecule has 3 aromatic rings. The van der Waals surface area contributed by atoms with Gasteiger partial charge < -0.3 is 0 Å². The van der Waals surface area contributed by atoms with Crippen molar-refractivity contribution >= 4 is 10.9 Å². The molecule has 80 valence electrons. The van der Waals surface area contributed by atoms with Crippen molar-refractivity contribution in [2.45, 2.75) is 0 Å². The number of para-hydroxylation sites is 1. The maximum atomic E-state index is 8.87. The van der Waals surface area contributed by atoms with Crippen LogP contribution < -0.4 is 0 Å². The fraction of sp³-hybridized carbons (Fsp3) is 0. The van der Waals surface area contributed by atoms with Gasteiger partial charge in [-0.15, -0.1) is 0 Å². The van der Waals surface area contributed by atoms with E-state index in [9.17, 15) is 0 Å². The molecule has 0 aliphatic heterocycles. The van der Waals surface area contributed by atoms with Crippen LogP contribution in [0.4, 0.5) is 0 Å². The number of nitriles is 1. The predicted molar refractivity (Wildman–Crippen MR) is 63.6 cm³/mol. The van der Waals surface area contributed by atoms with E-state index in [-0.39, 0.29) is 0 Å². The van der Waals surface area contributed by atoms with Gasteiger partial charge in [-0.25, -0.2) is 9.67 Å². The average molecular weight is 220 g/mol. The molecule has 0 fully saturated rings. The second-order valence-corrected chi connectivity index (χ2v) is 3.63. The zero-order valence-corrected chi connectivity index (χ0v) is 8.91. The van der Waals surface area contributed by atoms with Crippen LogP contribution in [0.2, 0.25) is 0 Å². The Balaban J connectivity index is 2.24. The number of nitrogens with zero attached hydrogens (tertiary/aromatic N) is 4. The molecule has 2 heterocycles. The van der Waals surface area contributed by atoms with Gasteiger partial charge in [-0.1, -0.05) is 18.2 Å². The third kappa shape index (κ3) is 1.54. The van der Waals surface area contributed by atoms with Gasteiger partial charge in [0, 0.05) is 17.6 Å². The lowest BCUT2D eigenvalue weighted by atomic mass is 10.2. The van der Waals surface area contributed by atoms with E-state index in [4.69, 9.17) is 5.26 Å². The largest absolute Gasteiger partial charge is 0.237 e. The molecule has 2 aromatic heterocycles. The summed E-state index contributed by atoms with van der Waals surface area (Å²) in [5.41, 5.74) is 1.56. The monoisotopic (exact) mass is 220 g/mol. The van der Waals surface area contributed by atoms with Crippen molar-refractivity contribution in [3.63, 3.8) is 0 Å². The molecule has 4 heteroatoms. The number of hydrogen-bond donors (Lipinski definition) is 0. The van der Waals surface area contributed by atoms with E-state index >= 15 is 0 Å². The highest BCUT2D eigenvalue weighted by Gasteiger charge is 2.05. The van der Waals surface area contributed by atoms with Crippen LogP contribution in [-0.2, 0) is 0 Å². The summed E-state index contributed by atoms with van der Waals surface area (Å²) in [6.45, 7) is 0. The second-order valence-electron chi connectivity index (χ2n) is 3.63. The lowest BCUT2D eigenvalue weighted by Gasteiger charge is -2.02. The van der Waals surface area contributed by atoms with Crippen molar-refractivity contribution in [1.82, 2.24) is 14.8 Å². The van der Waals surface area contributed by atoms with Gasteiger partial charge in [-0.3, -0.25) is 0 Å².